The quantitative estimate of drug-likeness (QED) is 0.505. The standard InChI is InChI=1S/C18H17BrOS/c1-12(2)20-14-7-5-6-13(10-14)18(19)16-11-21-17-9-4-3-8-15(16)17/h3-12,18H,1-2H3. The first kappa shape index (κ1) is 14.6. The Kier molecular flexibility index (Phi) is 4.32. The summed E-state index contributed by atoms with van der Waals surface area (Å²) in [6, 6.07) is 16.8. The molecule has 0 saturated heterocycles. The van der Waals surface area contributed by atoms with Crippen molar-refractivity contribution >= 4 is 37.4 Å². The van der Waals surface area contributed by atoms with E-state index in [9.17, 15) is 0 Å². The predicted molar refractivity (Wildman–Crippen MR) is 94.8 cm³/mol. The van der Waals surface area contributed by atoms with E-state index in [1.807, 2.05) is 19.9 Å². The van der Waals surface area contributed by atoms with Gasteiger partial charge in [-0.3, -0.25) is 0 Å². The van der Waals surface area contributed by atoms with E-state index in [1.54, 1.807) is 11.3 Å². The van der Waals surface area contributed by atoms with Crippen LogP contribution in [0.5, 0.6) is 5.75 Å². The van der Waals surface area contributed by atoms with Gasteiger partial charge in [0.15, 0.2) is 0 Å². The Balaban J connectivity index is 1.96. The molecule has 0 aliphatic rings. The minimum Gasteiger partial charge on any atom is -0.491 e. The molecule has 108 valence electrons. The number of thiophene rings is 1. The second-order valence-corrected chi connectivity index (χ2v) is 7.12. The van der Waals surface area contributed by atoms with Gasteiger partial charge in [0.2, 0.25) is 0 Å². The van der Waals surface area contributed by atoms with E-state index >= 15 is 0 Å². The zero-order valence-corrected chi connectivity index (χ0v) is 14.4. The maximum atomic E-state index is 5.79. The Bertz CT molecular complexity index is 748. The lowest BCUT2D eigenvalue weighted by Crippen LogP contribution is -2.05. The van der Waals surface area contributed by atoms with Crippen molar-refractivity contribution in [2.45, 2.75) is 24.8 Å². The Hall–Kier alpha value is -1.32. The molecule has 0 bridgehead atoms. The van der Waals surface area contributed by atoms with E-state index in [-0.39, 0.29) is 10.9 Å². The molecule has 0 N–H and O–H groups in total. The Labute approximate surface area is 137 Å². The second kappa shape index (κ2) is 6.20. The largest absolute Gasteiger partial charge is 0.491 e. The van der Waals surface area contributed by atoms with Gasteiger partial charge in [-0.2, -0.15) is 0 Å². The molecule has 3 heteroatoms. The molecule has 1 nitrogen and oxygen atoms in total. The van der Waals surface area contributed by atoms with Crippen LogP contribution in [0.2, 0.25) is 0 Å². The van der Waals surface area contributed by atoms with Gasteiger partial charge in [0.05, 0.1) is 10.9 Å². The minimum absolute atomic E-state index is 0.185. The fraction of sp³-hybridized carbons (Fsp3) is 0.222. The predicted octanol–water partition coefficient (Wildman–Crippen LogP) is 6.17. The van der Waals surface area contributed by atoms with Gasteiger partial charge in [-0.1, -0.05) is 46.3 Å². The molecule has 1 unspecified atom stereocenters. The van der Waals surface area contributed by atoms with Gasteiger partial charge >= 0.3 is 0 Å². The van der Waals surface area contributed by atoms with Crippen LogP contribution < -0.4 is 4.74 Å². The minimum atomic E-state index is 0.185. The average molecular weight is 361 g/mol. The number of hydrogen-bond donors (Lipinski definition) is 0. The summed E-state index contributed by atoms with van der Waals surface area (Å²) < 4.78 is 7.12. The van der Waals surface area contributed by atoms with Crippen LogP contribution in [0.1, 0.15) is 29.8 Å². The molecule has 3 rings (SSSR count). The van der Waals surface area contributed by atoms with Gasteiger partial charge in [0.1, 0.15) is 5.75 Å². The first-order chi connectivity index (χ1) is 10.1. The van der Waals surface area contributed by atoms with Gasteiger partial charge in [-0.15, -0.1) is 11.3 Å². The van der Waals surface area contributed by atoms with E-state index in [2.05, 4.69) is 63.8 Å². The number of halogens is 1. The number of rotatable bonds is 4. The Morgan fingerprint density at radius 1 is 1.05 bits per heavy atom. The number of hydrogen-bond acceptors (Lipinski definition) is 2. The number of ether oxygens (including phenoxy) is 1. The molecule has 0 spiro atoms. The van der Waals surface area contributed by atoms with E-state index in [1.165, 1.54) is 21.2 Å². The van der Waals surface area contributed by atoms with Crippen LogP contribution in [0.4, 0.5) is 0 Å². The average Bonchev–Trinajstić information content (AvgIpc) is 2.90. The smallest absolute Gasteiger partial charge is 0.120 e. The number of benzene rings is 2. The maximum absolute atomic E-state index is 5.79. The molecular formula is C18H17BrOS. The molecule has 1 atom stereocenters. The number of fused-ring (bicyclic) bond motifs is 1. The summed E-state index contributed by atoms with van der Waals surface area (Å²) in [7, 11) is 0. The van der Waals surface area contributed by atoms with Crippen LogP contribution in [0.15, 0.2) is 53.9 Å². The molecule has 0 radical (unpaired) electrons. The highest BCUT2D eigenvalue weighted by atomic mass is 79.9. The summed E-state index contributed by atoms with van der Waals surface area (Å²) in [5, 5.41) is 3.56. The fourth-order valence-corrected chi connectivity index (χ4v) is 4.22. The van der Waals surface area contributed by atoms with Crippen molar-refractivity contribution in [1.29, 1.82) is 0 Å². The third-order valence-electron chi connectivity index (χ3n) is 3.31. The van der Waals surface area contributed by atoms with E-state index in [0.29, 0.717) is 0 Å². The first-order valence-corrected chi connectivity index (χ1v) is 8.81. The highest BCUT2D eigenvalue weighted by Gasteiger charge is 2.15. The lowest BCUT2D eigenvalue weighted by atomic mass is 10.0. The van der Waals surface area contributed by atoms with Crippen LogP contribution in [-0.2, 0) is 0 Å². The lowest BCUT2D eigenvalue weighted by Gasteiger charge is -2.14. The summed E-state index contributed by atoms with van der Waals surface area (Å²) in [6.45, 7) is 4.09. The highest BCUT2D eigenvalue weighted by molar-refractivity contribution is 9.09. The molecule has 0 saturated carbocycles. The molecule has 0 amide bonds. The third-order valence-corrected chi connectivity index (χ3v) is 5.31. The highest BCUT2D eigenvalue weighted by Crippen LogP contribution is 2.39. The zero-order valence-electron chi connectivity index (χ0n) is 12.0. The van der Waals surface area contributed by atoms with Crippen molar-refractivity contribution in [1.82, 2.24) is 0 Å². The third kappa shape index (κ3) is 3.14. The van der Waals surface area contributed by atoms with Gasteiger partial charge in [0, 0.05) is 4.70 Å². The van der Waals surface area contributed by atoms with Crippen LogP contribution in [0, 0.1) is 0 Å². The molecule has 0 aliphatic heterocycles. The van der Waals surface area contributed by atoms with Crippen molar-refractivity contribution in [3.8, 4) is 5.75 Å². The van der Waals surface area contributed by atoms with E-state index in [0.717, 1.165) is 5.75 Å². The normalized spacial score (nSPS) is 12.8. The van der Waals surface area contributed by atoms with Gasteiger partial charge in [-0.05, 0) is 53.9 Å². The van der Waals surface area contributed by atoms with Gasteiger partial charge in [-0.25, -0.2) is 0 Å². The molecule has 2 aromatic carbocycles. The van der Waals surface area contributed by atoms with Crippen molar-refractivity contribution in [2.24, 2.45) is 0 Å². The Morgan fingerprint density at radius 3 is 2.67 bits per heavy atom. The summed E-state index contributed by atoms with van der Waals surface area (Å²) in [5.41, 5.74) is 2.54. The van der Waals surface area contributed by atoms with Gasteiger partial charge < -0.3 is 4.74 Å². The molecule has 3 aromatic rings. The topological polar surface area (TPSA) is 9.23 Å². The molecule has 21 heavy (non-hydrogen) atoms. The van der Waals surface area contributed by atoms with Crippen LogP contribution in [-0.4, -0.2) is 6.10 Å². The van der Waals surface area contributed by atoms with Crippen LogP contribution >= 0.6 is 27.3 Å². The molecule has 1 heterocycles. The lowest BCUT2D eigenvalue weighted by molar-refractivity contribution is 0.242. The fourth-order valence-electron chi connectivity index (χ4n) is 2.39. The SMILES string of the molecule is CC(C)Oc1cccc(C(Br)c2csc3ccccc23)c1. The summed E-state index contributed by atoms with van der Waals surface area (Å²) in [4.78, 5) is 0.185. The van der Waals surface area contributed by atoms with Crippen molar-refractivity contribution in [3.63, 3.8) is 0 Å². The van der Waals surface area contributed by atoms with Gasteiger partial charge in [0.25, 0.3) is 0 Å². The van der Waals surface area contributed by atoms with Crippen LogP contribution in [0.25, 0.3) is 10.1 Å². The maximum Gasteiger partial charge on any atom is 0.120 e. The molecule has 0 fully saturated rings. The van der Waals surface area contributed by atoms with Crippen molar-refractivity contribution < 1.29 is 4.74 Å². The number of alkyl halides is 1. The second-order valence-electron chi connectivity index (χ2n) is 5.29. The molecular weight excluding hydrogens is 344 g/mol. The monoisotopic (exact) mass is 360 g/mol. The summed E-state index contributed by atoms with van der Waals surface area (Å²) in [6.07, 6.45) is 0.191. The Morgan fingerprint density at radius 2 is 1.86 bits per heavy atom. The molecule has 1 aromatic heterocycles. The van der Waals surface area contributed by atoms with Crippen molar-refractivity contribution in [2.75, 3.05) is 0 Å². The summed E-state index contributed by atoms with van der Waals surface area (Å²) >= 11 is 5.64. The van der Waals surface area contributed by atoms with E-state index < -0.39 is 0 Å². The molecule has 0 aliphatic carbocycles. The first-order valence-electron chi connectivity index (χ1n) is 7.02. The summed E-state index contributed by atoms with van der Waals surface area (Å²) in [5.74, 6) is 0.923. The zero-order chi connectivity index (χ0) is 14.8. The van der Waals surface area contributed by atoms with Crippen LogP contribution in [0.3, 0.4) is 0 Å². The van der Waals surface area contributed by atoms with E-state index in [4.69, 9.17) is 4.74 Å². The van der Waals surface area contributed by atoms with Crippen molar-refractivity contribution in [3.05, 3.63) is 65.0 Å².